The highest BCUT2D eigenvalue weighted by molar-refractivity contribution is 5.72. The number of nitrogens with zero attached hydrogens (tertiary/aromatic N) is 1. The van der Waals surface area contributed by atoms with Crippen molar-refractivity contribution in [2.24, 2.45) is 0 Å². The number of carbonyl (C=O) groups excluding carboxylic acids is 1. The van der Waals surface area contributed by atoms with Crippen LogP contribution in [0.15, 0.2) is 24.3 Å². The second kappa shape index (κ2) is 6.52. The number of rotatable bonds is 4. The molecule has 0 aromatic heterocycles. The summed E-state index contributed by atoms with van der Waals surface area (Å²) in [5.41, 5.74) is 2.25. The number of ether oxygens (including phenoxy) is 2. The van der Waals surface area contributed by atoms with E-state index < -0.39 is 0 Å². The average molecular weight is 249 g/mol. The molecule has 0 spiro atoms. The van der Waals surface area contributed by atoms with Crippen molar-refractivity contribution >= 4 is 5.97 Å². The lowest BCUT2D eigenvalue weighted by Gasteiger charge is -2.27. The first-order valence-electron chi connectivity index (χ1n) is 6.23. The number of hydrogen-bond acceptors (Lipinski definition) is 4. The van der Waals surface area contributed by atoms with Crippen molar-refractivity contribution in [3.05, 3.63) is 35.4 Å². The molecule has 4 heteroatoms. The van der Waals surface area contributed by atoms with E-state index in [1.54, 1.807) is 0 Å². The van der Waals surface area contributed by atoms with Gasteiger partial charge >= 0.3 is 5.97 Å². The molecule has 1 aliphatic rings. The van der Waals surface area contributed by atoms with E-state index in [4.69, 9.17) is 9.47 Å². The van der Waals surface area contributed by atoms with Crippen LogP contribution in [0.1, 0.15) is 11.1 Å². The minimum absolute atomic E-state index is 0.190. The van der Waals surface area contributed by atoms with E-state index in [1.807, 2.05) is 18.2 Å². The molecule has 1 aromatic carbocycles. The second-order valence-electron chi connectivity index (χ2n) is 4.41. The third kappa shape index (κ3) is 3.55. The normalized spacial score (nSPS) is 16.5. The fourth-order valence-corrected chi connectivity index (χ4v) is 2.11. The standard InChI is InChI=1S/C14H19NO3/c1-17-14(16)10-12-4-2-3-5-13(12)11-15-6-8-18-9-7-15/h2-5H,6-11H2,1H3. The molecule has 0 aliphatic carbocycles. The fraction of sp³-hybridized carbons (Fsp3) is 0.500. The van der Waals surface area contributed by atoms with Gasteiger partial charge in [0.15, 0.2) is 0 Å². The van der Waals surface area contributed by atoms with Gasteiger partial charge in [0.2, 0.25) is 0 Å². The summed E-state index contributed by atoms with van der Waals surface area (Å²) in [6.07, 6.45) is 0.344. The van der Waals surface area contributed by atoms with E-state index in [-0.39, 0.29) is 5.97 Å². The Morgan fingerprint density at radius 1 is 1.28 bits per heavy atom. The van der Waals surface area contributed by atoms with E-state index in [1.165, 1.54) is 12.7 Å². The van der Waals surface area contributed by atoms with Crippen molar-refractivity contribution < 1.29 is 14.3 Å². The molecule has 0 amide bonds. The molecular formula is C14H19NO3. The monoisotopic (exact) mass is 249 g/mol. The lowest BCUT2D eigenvalue weighted by molar-refractivity contribution is -0.139. The molecule has 0 bridgehead atoms. The lowest BCUT2D eigenvalue weighted by atomic mass is 10.0. The third-order valence-electron chi connectivity index (χ3n) is 3.18. The summed E-state index contributed by atoms with van der Waals surface area (Å²) in [5.74, 6) is -0.190. The van der Waals surface area contributed by atoms with Crippen LogP contribution in [0.2, 0.25) is 0 Å². The molecule has 0 saturated carbocycles. The van der Waals surface area contributed by atoms with Gasteiger partial charge in [-0.25, -0.2) is 0 Å². The summed E-state index contributed by atoms with van der Waals surface area (Å²) in [6, 6.07) is 8.04. The van der Waals surface area contributed by atoms with Gasteiger partial charge in [-0.2, -0.15) is 0 Å². The number of esters is 1. The first-order valence-corrected chi connectivity index (χ1v) is 6.23. The van der Waals surface area contributed by atoms with Crippen LogP contribution in [0, 0.1) is 0 Å². The van der Waals surface area contributed by atoms with Gasteiger partial charge in [-0.3, -0.25) is 9.69 Å². The van der Waals surface area contributed by atoms with Crippen LogP contribution in [-0.4, -0.2) is 44.3 Å². The van der Waals surface area contributed by atoms with E-state index in [9.17, 15) is 4.79 Å². The van der Waals surface area contributed by atoms with E-state index >= 15 is 0 Å². The Kier molecular flexibility index (Phi) is 4.73. The maximum Gasteiger partial charge on any atom is 0.309 e. The Hall–Kier alpha value is -1.39. The van der Waals surface area contributed by atoms with Gasteiger partial charge in [0.25, 0.3) is 0 Å². The molecular weight excluding hydrogens is 230 g/mol. The summed E-state index contributed by atoms with van der Waals surface area (Å²) >= 11 is 0. The van der Waals surface area contributed by atoms with Gasteiger partial charge in [-0.1, -0.05) is 24.3 Å². The molecule has 1 saturated heterocycles. The van der Waals surface area contributed by atoms with Crippen LogP contribution < -0.4 is 0 Å². The first-order chi connectivity index (χ1) is 8.79. The molecule has 1 fully saturated rings. The lowest BCUT2D eigenvalue weighted by Crippen LogP contribution is -2.35. The molecule has 0 N–H and O–H groups in total. The van der Waals surface area contributed by atoms with Gasteiger partial charge in [0.1, 0.15) is 0 Å². The van der Waals surface area contributed by atoms with Crippen molar-refractivity contribution in [1.82, 2.24) is 4.90 Å². The summed E-state index contributed by atoms with van der Waals surface area (Å²) < 4.78 is 10.1. The number of benzene rings is 1. The summed E-state index contributed by atoms with van der Waals surface area (Å²) in [5, 5.41) is 0. The van der Waals surface area contributed by atoms with Crippen LogP contribution in [-0.2, 0) is 27.2 Å². The highest BCUT2D eigenvalue weighted by atomic mass is 16.5. The molecule has 2 rings (SSSR count). The van der Waals surface area contributed by atoms with Crippen LogP contribution in [0.4, 0.5) is 0 Å². The summed E-state index contributed by atoms with van der Waals surface area (Å²) in [6.45, 7) is 4.36. The van der Waals surface area contributed by atoms with Crippen LogP contribution in [0.3, 0.4) is 0 Å². The van der Waals surface area contributed by atoms with Crippen molar-refractivity contribution in [2.45, 2.75) is 13.0 Å². The van der Waals surface area contributed by atoms with Crippen molar-refractivity contribution in [3.63, 3.8) is 0 Å². The van der Waals surface area contributed by atoms with Crippen molar-refractivity contribution in [2.75, 3.05) is 33.4 Å². The van der Waals surface area contributed by atoms with Gasteiger partial charge < -0.3 is 9.47 Å². The molecule has 0 unspecified atom stereocenters. The predicted octanol–water partition coefficient (Wildman–Crippen LogP) is 1.23. The van der Waals surface area contributed by atoms with Crippen molar-refractivity contribution in [3.8, 4) is 0 Å². The number of morpholine rings is 1. The van der Waals surface area contributed by atoms with E-state index in [2.05, 4.69) is 11.0 Å². The number of carbonyl (C=O) groups is 1. The zero-order chi connectivity index (χ0) is 12.8. The van der Waals surface area contributed by atoms with Gasteiger partial charge in [0.05, 0.1) is 26.7 Å². The molecule has 1 aromatic rings. The second-order valence-corrected chi connectivity index (χ2v) is 4.41. The third-order valence-corrected chi connectivity index (χ3v) is 3.18. The Bertz CT molecular complexity index is 400. The van der Waals surface area contributed by atoms with E-state index in [0.29, 0.717) is 6.42 Å². The Balaban J connectivity index is 2.04. The minimum Gasteiger partial charge on any atom is -0.469 e. The zero-order valence-electron chi connectivity index (χ0n) is 10.7. The van der Waals surface area contributed by atoms with Crippen LogP contribution >= 0.6 is 0 Å². The molecule has 1 heterocycles. The maximum atomic E-state index is 11.4. The minimum atomic E-state index is -0.190. The molecule has 18 heavy (non-hydrogen) atoms. The molecule has 0 atom stereocenters. The Morgan fingerprint density at radius 3 is 2.61 bits per heavy atom. The number of hydrogen-bond donors (Lipinski definition) is 0. The summed E-state index contributed by atoms with van der Waals surface area (Å²) in [7, 11) is 1.42. The van der Waals surface area contributed by atoms with E-state index in [0.717, 1.165) is 38.4 Å². The molecule has 98 valence electrons. The molecule has 4 nitrogen and oxygen atoms in total. The Morgan fingerprint density at radius 2 is 1.94 bits per heavy atom. The average Bonchev–Trinajstić information content (AvgIpc) is 2.42. The highest BCUT2D eigenvalue weighted by Crippen LogP contribution is 2.14. The van der Waals surface area contributed by atoms with Gasteiger partial charge in [-0.15, -0.1) is 0 Å². The fourth-order valence-electron chi connectivity index (χ4n) is 2.11. The topological polar surface area (TPSA) is 38.8 Å². The quantitative estimate of drug-likeness (QED) is 0.752. The van der Waals surface area contributed by atoms with Gasteiger partial charge in [0, 0.05) is 19.6 Å². The predicted molar refractivity (Wildman–Crippen MR) is 68.3 cm³/mol. The Labute approximate surface area is 107 Å². The molecule has 1 aliphatic heterocycles. The van der Waals surface area contributed by atoms with Crippen molar-refractivity contribution in [1.29, 1.82) is 0 Å². The smallest absolute Gasteiger partial charge is 0.309 e. The van der Waals surface area contributed by atoms with Crippen LogP contribution in [0.5, 0.6) is 0 Å². The number of methoxy groups -OCH3 is 1. The summed E-state index contributed by atoms with van der Waals surface area (Å²) in [4.78, 5) is 13.7. The zero-order valence-corrected chi connectivity index (χ0v) is 10.7. The van der Waals surface area contributed by atoms with Crippen LogP contribution in [0.25, 0.3) is 0 Å². The highest BCUT2D eigenvalue weighted by Gasteiger charge is 2.13. The maximum absolute atomic E-state index is 11.4. The first kappa shape index (κ1) is 13.1. The van der Waals surface area contributed by atoms with Gasteiger partial charge in [-0.05, 0) is 11.1 Å². The SMILES string of the molecule is COC(=O)Cc1ccccc1CN1CCOCC1. The molecule has 0 radical (unpaired) electrons. The largest absolute Gasteiger partial charge is 0.469 e.